The minimum atomic E-state index is -0.0388. The predicted octanol–water partition coefficient (Wildman–Crippen LogP) is 2.80. The second-order valence-corrected chi connectivity index (χ2v) is 8.58. The first-order chi connectivity index (χ1) is 15.0. The van der Waals surface area contributed by atoms with Gasteiger partial charge in [-0.2, -0.15) is 0 Å². The molecule has 1 saturated heterocycles. The Labute approximate surface area is 185 Å². The molecule has 2 aromatic carbocycles. The van der Waals surface area contributed by atoms with E-state index in [0.717, 1.165) is 44.9 Å². The number of amides is 1. The lowest BCUT2D eigenvalue weighted by atomic mass is 10.00. The number of ether oxygens (including phenoxy) is 1. The van der Waals surface area contributed by atoms with E-state index in [9.17, 15) is 4.79 Å². The van der Waals surface area contributed by atoms with Gasteiger partial charge in [-0.25, -0.2) is 0 Å². The maximum atomic E-state index is 12.8. The zero-order valence-electron chi connectivity index (χ0n) is 18.9. The van der Waals surface area contributed by atoms with Gasteiger partial charge in [0, 0.05) is 57.6 Å². The SMILES string of the molecule is CCOc1ccc(C(=O)NC[C@@H](c2ccc3c(c2)CCN3C)N2CCN(C)CC2)cc1. The average Bonchev–Trinajstić information content (AvgIpc) is 3.16. The summed E-state index contributed by atoms with van der Waals surface area (Å²) in [5.41, 5.74) is 4.71. The highest BCUT2D eigenvalue weighted by molar-refractivity contribution is 5.94. The average molecular weight is 423 g/mol. The quantitative estimate of drug-likeness (QED) is 0.744. The van der Waals surface area contributed by atoms with Crippen molar-refractivity contribution in [3.05, 3.63) is 59.2 Å². The summed E-state index contributed by atoms with van der Waals surface area (Å²) in [7, 11) is 4.33. The molecule has 6 heteroatoms. The second kappa shape index (κ2) is 9.71. The van der Waals surface area contributed by atoms with Crippen LogP contribution in [0, 0.1) is 0 Å². The molecule has 1 fully saturated rings. The van der Waals surface area contributed by atoms with Crippen molar-refractivity contribution < 1.29 is 9.53 Å². The molecule has 31 heavy (non-hydrogen) atoms. The van der Waals surface area contributed by atoms with Gasteiger partial charge in [0.2, 0.25) is 0 Å². The molecule has 1 N–H and O–H groups in total. The summed E-state index contributed by atoms with van der Waals surface area (Å²) in [5, 5.41) is 3.19. The van der Waals surface area contributed by atoms with Gasteiger partial charge in [-0.1, -0.05) is 12.1 Å². The Kier molecular flexibility index (Phi) is 6.78. The van der Waals surface area contributed by atoms with Crippen LogP contribution in [0.4, 0.5) is 5.69 Å². The molecule has 0 spiro atoms. The van der Waals surface area contributed by atoms with Crippen molar-refractivity contribution in [1.29, 1.82) is 0 Å². The lowest BCUT2D eigenvalue weighted by molar-refractivity contribution is 0.0886. The predicted molar refractivity (Wildman–Crippen MR) is 125 cm³/mol. The molecule has 0 saturated carbocycles. The number of piperazine rings is 1. The van der Waals surface area contributed by atoms with Crippen molar-refractivity contribution in [2.75, 3.05) is 64.9 Å². The highest BCUT2D eigenvalue weighted by Gasteiger charge is 2.26. The van der Waals surface area contributed by atoms with E-state index in [4.69, 9.17) is 4.74 Å². The van der Waals surface area contributed by atoms with E-state index in [1.807, 2.05) is 31.2 Å². The van der Waals surface area contributed by atoms with E-state index < -0.39 is 0 Å². The van der Waals surface area contributed by atoms with E-state index in [0.29, 0.717) is 18.7 Å². The van der Waals surface area contributed by atoms with Crippen molar-refractivity contribution >= 4 is 11.6 Å². The van der Waals surface area contributed by atoms with Gasteiger partial charge in [0.25, 0.3) is 5.91 Å². The highest BCUT2D eigenvalue weighted by Crippen LogP contribution is 2.31. The number of rotatable bonds is 7. The zero-order valence-corrected chi connectivity index (χ0v) is 18.9. The van der Waals surface area contributed by atoms with Crippen LogP contribution in [0.1, 0.15) is 34.5 Å². The molecule has 6 nitrogen and oxygen atoms in total. The van der Waals surface area contributed by atoms with Crippen LogP contribution in [-0.2, 0) is 6.42 Å². The van der Waals surface area contributed by atoms with Crippen molar-refractivity contribution in [3.63, 3.8) is 0 Å². The van der Waals surface area contributed by atoms with Crippen LogP contribution in [0.3, 0.4) is 0 Å². The number of carbonyl (C=O) groups is 1. The first-order valence-corrected chi connectivity index (χ1v) is 11.3. The summed E-state index contributed by atoms with van der Waals surface area (Å²) in [4.78, 5) is 20.0. The van der Waals surface area contributed by atoms with Crippen LogP contribution in [0.15, 0.2) is 42.5 Å². The van der Waals surface area contributed by atoms with Crippen molar-refractivity contribution in [2.24, 2.45) is 0 Å². The van der Waals surface area contributed by atoms with E-state index in [1.165, 1.54) is 16.8 Å². The summed E-state index contributed by atoms with van der Waals surface area (Å²) in [5.74, 6) is 0.751. The summed E-state index contributed by atoms with van der Waals surface area (Å²) in [6.45, 7) is 8.38. The van der Waals surface area contributed by atoms with Gasteiger partial charge in [-0.3, -0.25) is 9.69 Å². The van der Waals surface area contributed by atoms with Crippen LogP contribution in [0.2, 0.25) is 0 Å². The Morgan fingerprint density at radius 2 is 1.77 bits per heavy atom. The Balaban J connectivity index is 1.49. The Morgan fingerprint density at radius 1 is 1.03 bits per heavy atom. The van der Waals surface area contributed by atoms with E-state index in [-0.39, 0.29) is 11.9 Å². The molecule has 1 atom stereocenters. The molecule has 2 aromatic rings. The van der Waals surface area contributed by atoms with Gasteiger partial charge < -0.3 is 19.9 Å². The number of anilines is 1. The maximum Gasteiger partial charge on any atom is 0.251 e. The van der Waals surface area contributed by atoms with Crippen molar-refractivity contribution in [3.8, 4) is 5.75 Å². The Hall–Kier alpha value is -2.57. The summed E-state index contributed by atoms with van der Waals surface area (Å²) in [6.07, 6.45) is 1.09. The van der Waals surface area contributed by atoms with Gasteiger partial charge in [-0.05, 0) is 61.9 Å². The van der Waals surface area contributed by atoms with E-state index >= 15 is 0 Å². The van der Waals surface area contributed by atoms with Crippen LogP contribution < -0.4 is 15.0 Å². The summed E-state index contributed by atoms with van der Waals surface area (Å²) < 4.78 is 5.48. The van der Waals surface area contributed by atoms with Gasteiger partial charge in [0.1, 0.15) is 5.75 Å². The first-order valence-electron chi connectivity index (χ1n) is 11.3. The number of hydrogen-bond acceptors (Lipinski definition) is 5. The third-order valence-corrected chi connectivity index (χ3v) is 6.48. The van der Waals surface area contributed by atoms with Crippen molar-refractivity contribution in [1.82, 2.24) is 15.1 Å². The minimum Gasteiger partial charge on any atom is -0.494 e. The lowest BCUT2D eigenvalue weighted by Gasteiger charge is -2.38. The third kappa shape index (κ3) is 5.02. The molecular formula is C25H34N4O2. The molecule has 0 radical (unpaired) electrons. The molecule has 1 amide bonds. The van der Waals surface area contributed by atoms with Gasteiger partial charge in [0.15, 0.2) is 0 Å². The topological polar surface area (TPSA) is 48.1 Å². The van der Waals surface area contributed by atoms with Crippen LogP contribution in [0.25, 0.3) is 0 Å². The monoisotopic (exact) mass is 422 g/mol. The van der Waals surface area contributed by atoms with Gasteiger partial charge in [-0.15, -0.1) is 0 Å². The highest BCUT2D eigenvalue weighted by atomic mass is 16.5. The molecule has 2 aliphatic heterocycles. The number of benzene rings is 2. The number of likely N-dealkylation sites (N-methyl/N-ethyl adjacent to an activating group) is 2. The maximum absolute atomic E-state index is 12.8. The standard InChI is InChI=1S/C25H34N4O2/c1-4-31-22-8-5-19(6-9-22)25(30)26-18-24(29-15-13-27(2)14-16-29)20-7-10-23-21(17-20)11-12-28(23)3/h5-10,17,24H,4,11-16,18H2,1-3H3,(H,26,30)/t24-/m0/s1. The second-order valence-electron chi connectivity index (χ2n) is 8.58. The van der Waals surface area contributed by atoms with Gasteiger partial charge in [0.05, 0.1) is 12.6 Å². The first kappa shape index (κ1) is 21.7. The molecule has 0 aromatic heterocycles. The van der Waals surface area contributed by atoms with E-state index in [2.05, 4.69) is 52.3 Å². The molecule has 4 rings (SSSR count). The fourth-order valence-corrected chi connectivity index (χ4v) is 4.55. The van der Waals surface area contributed by atoms with Crippen LogP contribution in [-0.4, -0.2) is 75.7 Å². The number of nitrogens with one attached hydrogen (secondary N) is 1. The minimum absolute atomic E-state index is 0.0388. The molecule has 166 valence electrons. The smallest absolute Gasteiger partial charge is 0.251 e. The normalized spacial score (nSPS) is 18.0. The Morgan fingerprint density at radius 3 is 2.48 bits per heavy atom. The third-order valence-electron chi connectivity index (χ3n) is 6.48. The number of hydrogen-bond donors (Lipinski definition) is 1. The molecular weight excluding hydrogens is 388 g/mol. The summed E-state index contributed by atoms with van der Waals surface area (Å²) in [6, 6.07) is 14.4. The number of nitrogens with zero attached hydrogens (tertiary/aromatic N) is 3. The molecule has 2 aliphatic rings. The number of carbonyl (C=O) groups excluding carboxylic acids is 1. The molecule has 0 unspecified atom stereocenters. The fraction of sp³-hybridized carbons (Fsp3) is 0.480. The largest absolute Gasteiger partial charge is 0.494 e. The van der Waals surface area contributed by atoms with Crippen LogP contribution in [0.5, 0.6) is 5.75 Å². The molecule has 0 bridgehead atoms. The fourth-order valence-electron chi connectivity index (χ4n) is 4.55. The molecule has 2 heterocycles. The van der Waals surface area contributed by atoms with Crippen molar-refractivity contribution in [2.45, 2.75) is 19.4 Å². The lowest BCUT2D eigenvalue weighted by Crippen LogP contribution is -2.48. The Bertz CT molecular complexity index is 891. The molecule has 0 aliphatic carbocycles. The summed E-state index contributed by atoms with van der Waals surface area (Å²) >= 11 is 0. The van der Waals surface area contributed by atoms with Crippen LogP contribution >= 0.6 is 0 Å². The van der Waals surface area contributed by atoms with Gasteiger partial charge >= 0.3 is 0 Å². The number of fused-ring (bicyclic) bond motifs is 1. The van der Waals surface area contributed by atoms with E-state index in [1.54, 1.807) is 0 Å². The zero-order chi connectivity index (χ0) is 21.8.